The van der Waals surface area contributed by atoms with Crippen LogP contribution in [-0.2, 0) is 23.8 Å². The Morgan fingerprint density at radius 2 is 1.50 bits per heavy atom. The van der Waals surface area contributed by atoms with Gasteiger partial charge in [0.05, 0.1) is 31.1 Å². The van der Waals surface area contributed by atoms with Gasteiger partial charge in [-0.1, -0.05) is 30.3 Å². The highest BCUT2D eigenvalue weighted by atomic mass is 16.6. The van der Waals surface area contributed by atoms with Crippen molar-refractivity contribution in [3.8, 4) is 11.1 Å². The Morgan fingerprint density at radius 3 is 2.11 bits per heavy atom. The molecule has 2 aliphatic rings. The smallest absolute Gasteiger partial charge is 0.347 e. The zero-order chi connectivity index (χ0) is 20.5. The van der Waals surface area contributed by atoms with Crippen molar-refractivity contribution in [2.45, 2.75) is 20.8 Å². The number of anilines is 1. The molecule has 0 amide bonds. The van der Waals surface area contributed by atoms with E-state index in [9.17, 15) is 14.4 Å². The summed E-state index contributed by atoms with van der Waals surface area (Å²) in [5.74, 6) is -2.13. The molecule has 0 unspecified atom stereocenters. The lowest BCUT2D eigenvalue weighted by molar-refractivity contribution is -0.146. The summed E-state index contributed by atoms with van der Waals surface area (Å²) < 4.78 is 15.0. The molecule has 28 heavy (non-hydrogen) atoms. The molecule has 7 nitrogen and oxygen atoms in total. The van der Waals surface area contributed by atoms with Crippen LogP contribution in [0.15, 0.2) is 48.2 Å². The maximum Gasteiger partial charge on any atom is 0.347 e. The van der Waals surface area contributed by atoms with E-state index in [2.05, 4.69) is 5.32 Å². The summed E-state index contributed by atoms with van der Waals surface area (Å²) in [6.07, 6.45) is 1.19. The lowest BCUT2D eigenvalue weighted by Crippen LogP contribution is -2.19. The molecule has 0 fully saturated rings. The first-order valence-electron chi connectivity index (χ1n) is 9.03. The zero-order valence-electron chi connectivity index (χ0n) is 16.1. The predicted octanol–water partition coefficient (Wildman–Crippen LogP) is 3.39. The van der Waals surface area contributed by atoms with Gasteiger partial charge in [-0.3, -0.25) is 0 Å². The summed E-state index contributed by atoms with van der Waals surface area (Å²) in [7, 11) is 0. The Balaban J connectivity index is 2.47. The van der Waals surface area contributed by atoms with Crippen LogP contribution in [0.4, 0.5) is 5.69 Å². The molecule has 0 radical (unpaired) electrons. The van der Waals surface area contributed by atoms with Gasteiger partial charge in [-0.05, 0) is 38.0 Å². The lowest BCUT2D eigenvalue weighted by atomic mass is 10.1. The van der Waals surface area contributed by atoms with Crippen molar-refractivity contribution in [3.05, 3.63) is 53.7 Å². The van der Waals surface area contributed by atoms with E-state index in [0.717, 1.165) is 5.56 Å². The monoisotopic (exact) mass is 385 g/mol. The molecule has 0 bridgehead atoms. The second-order valence-corrected chi connectivity index (χ2v) is 5.58. The largest absolute Gasteiger partial charge is 0.462 e. The van der Waals surface area contributed by atoms with E-state index < -0.39 is 17.9 Å². The van der Waals surface area contributed by atoms with Crippen LogP contribution in [0.2, 0.25) is 0 Å². The van der Waals surface area contributed by atoms with Gasteiger partial charge in [-0.15, -0.1) is 0 Å². The molecule has 2 aliphatic carbocycles. The molecule has 0 spiro atoms. The lowest BCUT2D eigenvalue weighted by Gasteiger charge is -2.09. The van der Waals surface area contributed by atoms with Crippen molar-refractivity contribution in [1.29, 1.82) is 0 Å². The van der Waals surface area contributed by atoms with Crippen LogP contribution in [0.1, 0.15) is 31.1 Å². The molecule has 0 aromatic carbocycles. The summed E-state index contributed by atoms with van der Waals surface area (Å²) in [6.45, 7) is 5.43. The molecular formula is C21H23NO6. The molecule has 148 valence electrons. The van der Waals surface area contributed by atoms with Crippen molar-refractivity contribution in [2.75, 3.05) is 25.1 Å². The summed E-state index contributed by atoms with van der Waals surface area (Å²) in [4.78, 5) is 36.7. The first-order valence-corrected chi connectivity index (χ1v) is 9.03. The molecule has 7 heteroatoms. The molecular weight excluding hydrogens is 362 g/mol. The third kappa shape index (κ3) is 4.88. The average Bonchev–Trinajstić information content (AvgIpc) is 2.84. The van der Waals surface area contributed by atoms with Crippen LogP contribution in [0, 0.1) is 0 Å². The number of hydrogen-bond donors (Lipinski definition) is 1. The molecule has 1 N–H and O–H groups in total. The molecule has 0 aromatic rings. The van der Waals surface area contributed by atoms with E-state index in [1.54, 1.807) is 32.9 Å². The maximum atomic E-state index is 12.5. The number of nitrogens with one attached hydrogen (secondary N) is 1. The fourth-order valence-electron chi connectivity index (χ4n) is 2.59. The standard InChI is InChI=1S/C21H23NO6/c1-4-26-19(23)16(20(24)27-5-2)13-22-17-12-14-10-8-7-9-11-15(14)18(17)21(25)28-6-3/h7-13,22H,4-6H2,1-3H3. The highest BCUT2D eigenvalue weighted by molar-refractivity contribution is 6.14. The van der Waals surface area contributed by atoms with Crippen LogP contribution in [0.5, 0.6) is 0 Å². The van der Waals surface area contributed by atoms with Crippen molar-refractivity contribution in [3.63, 3.8) is 0 Å². The fourth-order valence-corrected chi connectivity index (χ4v) is 2.59. The predicted molar refractivity (Wildman–Crippen MR) is 104 cm³/mol. The van der Waals surface area contributed by atoms with E-state index in [0.29, 0.717) is 16.8 Å². The Kier molecular flexibility index (Phi) is 7.56. The fraction of sp³-hybridized carbons (Fsp3) is 0.286. The number of esters is 3. The summed E-state index contributed by atoms with van der Waals surface area (Å²) in [6, 6.07) is 10.9. The second-order valence-electron chi connectivity index (χ2n) is 5.58. The van der Waals surface area contributed by atoms with E-state index in [1.807, 2.05) is 24.3 Å². The number of fused-ring (bicyclic) bond motifs is 1. The topological polar surface area (TPSA) is 90.9 Å². The van der Waals surface area contributed by atoms with Crippen LogP contribution in [0.25, 0.3) is 11.1 Å². The number of rotatable bonds is 8. The molecule has 0 saturated carbocycles. The van der Waals surface area contributed by atoms with Crippen LogP contribution in [-0.4, -0.2) is 37.7 Å². The highest BCUT2D eigenvalue weighted by Gasteiger charge is 2.24. The number of hydrogen-bond acceptors (Lipinski definition) is 7. The van der Waals surface area contributed by atoms with Gasteiger partial charge < -0.3 is 19.5 Å². The minimum absolute atomic E-state index is 0.112. The van der Waals surface area contributed by atoms with Gasteiger partial charge in [0.2, 0.25) is 0 Å². The highest BCUT2D eigenvalue weighted by Crippen LogP contribution is 2.35. The minimum atomic E-state index is -0.811. The van der Waals surface area contributed by atoms with Gasteiger partial charge >= 0.3 is 17.9 Å². The Labute approximate surface area is 163 Å². The minimum Gasteiger partial charge on any atom is -0.462 e. The van der Waals surface area contributed by atoms with Gasteiger partial charge in [-0.2, -0.15) is 0 Å². The molecule has 0 aromatic heterocycles. The van der Waals surface area contributed by atoms with Crippen molar-refractivity contribution in [2.24, 2.45) is 0 Å². The van der Waals surface area contributed by atoms with Crippen LogP contribution >= 0.6 is 0 Å². The van der Waals surface area contributed by atoms with Gasteiger partial charge in [0.25, 0.3) is 0 Å². The maximum absolute atomic E-state index is 12.5. The van der Waals surface area contributed by atoms with Gasteiger partial charge in [0.15, 0.2) is 5.57 Å². The first-order chi connectivity index (χ1) is 13.5. The van der Waals surface area contributed by atoms with Gasteiger partial charge in [0.1, 0.15) is 0 Å². The molecule has 2 rings (SSSR count). The SMILES string of the molecule is CCOC(=O)C(=CNc1cc2cccccc-2c1C(=O)OCC)C(=O)OCC. The first kappa shape index (κ1) is 21.0. The Hall–Kier alpha value is -3.35. The number of carbonyl (C=O) groups excluding carboxylic acids is 3. The third-order valence-electron chi connectivity index (χ3n) is 3.75. The normalized spacial score (nSPS) is 10.1. The van der Waals surface area contributed by atoms with E-state index in [-0.39, 0.29) is 25.4 Å². The average molecular weight is 385 g/mol. The Morgan fingerprint density at radius 1 is 0.893 bits per heavy atom. The van der Waals surface area contributed by atoms with Crippen molar-refractivity contribution >= 4 is 23.6 Å². The summed E-state index contributed by atoms with van der Waals surface area (Å²) in [5.41, 5.74) is 1.92. The van der Waals surface area contributed by atoms with Crippen molar-refractivity contribution in [1.82, 2.24) is 0 Å². The summed E-state index contributed by atoms with van der Waals surface area (Å²) in [5, 5.41) is 2.87. The molecule has 0 heterocycles. The molecule has 0 atom stereocenters. The van der Waals surface area contributed by atoms with Crippen LogP contribution in [0.3, 0.4) is 0 Å². The second kappa shape index (κ2) is 10.1. The molecule has 0 aliphatic heterocycles. The Bertz CT molecular complexity index is 838. The van der Waals surface area contributed by atoms with E-state index in [4.69, 9.17) is 14.2 Å². The van der Waals surface area contributed by atoms with Gasteiger partial charge in [-0.25, -0.2) is 14.4 Å². The third-order valence-corrected chi connectivity index (χ3v) is 3.75. The zero-order valence-corrected chi connectivity index (χ0v) is 16.1. The number of ether oxygens (including phenoxy) is 3. The molecule has 0 saturated heterocycles. The van der Waals surface area contributed by atoms with Crippen molar-refractivity contribution < 1.29 is 28.6 Å². The van der Waals surface area contributed by atoms with Gasteiger partial charge in [0, 0.05) is 6.20 Å². The quantitative estimate of drug-likeness (QED) is 0.245. The van der Waals surface area contributed by atoms with E-state index in [1.165, 1.54) is 6.20 Å². The summed E-state index contributed by atoms with van der Waals surface area (Å²) >= 11 is 0. The van der Waals surface area contributed by atoms with E-state index >= 15 is 0 Å². The number of carbonyl (C=O) groups is 3. The van der Waals surface area contributed by atoms with Crippen LogP contribution < -0.4 is 5.32 Å².